The Labute approximate surface area is 117 Å². The van der Waals surface area contributed by atoms with Gasteiger partial charge >= 0.3 is 0 Å². The Bertz CT molecular complexity index is 442. The highest BCUT2D eigenvalue weighted by Crippen LogP contribution is 2.33. The molecular weight excluding hydrogens is 269 g/mol. The number of rotatable bonds is 2. The molecule has 0 spiro atoms. The van der Waals surface area contributed by atoms with Gasteiger partial charge in [0.2, 0.25) is 0 Å². The molecule has 1 heterocycles. The van der Waals surface area contributed by atoms with E-state index >= 15 is 0 Å². The number of nitrogens with zero attached hydrogens (tertiary/aromatic N) is 3. The fraction of sp³-hybridized carbons (Fsp3) is 0.462. The molecule has 0 aliphatic carbocycles. The zero-order valence-electron chi connectivity index (χ0n) is 10.2. The first-order chi connectivity index (χ1) is 8.63. The van der Waals surface area contributed by atoms with Crippen LogP contribution in [0.2, 0.25) is 10.0 Å². The van der Waals surface area contributed by atoms with Crippen LogP contribution in [0.15, 0.2) is 18.2 Å². The second-order valence-electron chi connectivity index (χ2n) is 4.51. The van der Waals surface area contributed by atoms with Gasteiger partial charge in [0.15, 0.2) is 0 Å². The first-order valence-electron chi connectivity index (χ1n) is 5.89. The van der Waals surface area contributed by atoms with Gasteiger partial charge in [-0.05, 0) is 19.2 Å². The molecule has 1 saturated heterocycles. The quantitative estimate of drug-likeness (QED) is 0.836. The smallest absolute Gasteiger partial charge is 0.126 e. The molecule has 1 unspecified atom stereocenters. The van der Waals surface area contributed by atoms with E-state index in [2.05, 4.69) is 22.9 Å². The average molecular weight is 284 g/mol. The predicted octanol–water partition coefficient (Wildman–Crippen LogP) is 2.81. The lowest BCUT2D eigenvalue weighted by Gasteiger charge is -2.35. The minimum absolute atomic E-state index is 0.361. The van der Waals surface area contributed by atoms with E-state index in [4.69, 9.17) is 23.2 Å². The molecule has 0 aromatic heterocycles. The van der Waals surface area contributed by atoms with E-state index in [-0.39, 0.29) is 6.04 Å². The van der Waals surface area contributed by atoms with Crippen LogP contribution in [0, 0.1) is 11.3 Å². The summed E-state index contributed by atoms with van der Waals surface area (Å²) in [6.07, 6.45) is 0. The van der Waals surface area contributed by atoms with Crippen molar-refractivity contribution in [1.82, 2.24) is 9.80 Å². The van der Waals surface area contributed by atoms with E-state index in [9.17, 15) is 5.26 Å². The van der Waals surface area contributed by atoms with Crippen LogP contribution in [-0.2, 0) is 0 Å². The molecular formula is C13H15Cl2N3. The molecule has 1 fully saturated rings. The minimum Gasteiger partial charge on any atom is -0.304 e. The molecule has 1 atom stereocenters. The van der Waals surface area contributed by atoms with Crippen LogP contribution in [0.1, 0.15) is 11.6 Å². The Balaban J connectivity index is 2.26. The van der Waals surface area contributed by atoms with Crippen molar-refractivity contribution in [3.63, 3.8) is 0 Å². The first-order valence-corrected chi connectivity index (χ1v) is 6.65. The summed E-state index contributed by atoms with van der Waals surface area (Å²) in [5, 5.41) is 10.5. The number of likely N-dealkylation sites (N-methyl/N-ethyl adjacent to an activating group) is 1. The van der Waals surface area contributed by atoms with Crippen LogP contribution in [-0.4, -0.2) is 43.0 Å². The van der Waals surface area contributed by atoms with E-state index in [1.165, 1.54) is 0 Å². The van der Waals surface area contributed by atoms with Crippen molar-refractivity contribution < 1.29 is 0 Å². The minimum atomic E-state index is -0.361. The molecule has 0 amide bonds. The van der Waals surface area contributed by atoms with Crippen molar-refractivity contribution in [3.8, 4) is 6.07 Å². The molecule has 1 aliphatic heterocycles. The van der Waals surface area contributed by atoms with E-state index in [1.807, 2.05) is 0 Å². The Morgan fingerprint density at radius 1 is 1.17 bits per heavy atom. The zero-order valence-corrected chi connectivity index (χ0v) is 11.7. The predicted molar refractivity (Wildman–Crippen MR) is 73.9 cm³/mol. The van der Waals surface area contributed by atoms with Crippen molar-refractivity contribution in [2.24, 2.45) is 0 Å². The van der Waals surface area contributed by atoms with Gasteiger partial charge in [0.25, 0.3) is 0 Å². The van der Waals surface area contributed by atoms with Crippen LogP contribution in [0.3, 0.4) is 0 Å². The van der Waals surface area contributed by atoms with Crippen LogP contribution < -0.4 is 0 Å². The normalized spacial score (nSPS) is 19.4. The SMILES string of the molecule is CN1CCN(C(C#N)c2c(Cl)cccc2Cl)CC1. The molecule has 1 aromatic carbocycles. The van der Waals surface area contributed by atoms with Crippen molar-refractivity contribution in [2.45, 2.75) is 6.04 Å². The summed E-state index contributed by atoms with van der Waals surface area (Å²) in [5.74, 6) is 0. The van der Waals surface area contributed by atoms with Crippen molar-refractivity contribution in [3.05, 3.63) is 33.8 Å². The van der Waals surface area contributed by atoms with E-state index in [0.29, 0.717) is 10.0 Å². The van der Waals surface area contributed by atoms with Crippen molar-refractivity contribution in [2.75, 3.05) is 33.2 Å². The molecule has 0 N–H and O–H groups in total. The second-order valence-corrected chi connectivity index (χ2v) is 5.32. The Hall–Kier alpha value is -0.790. The molecule has 18 heavy (non-hydrogen) atoms. The zero-order chi connectivity index (χ0) is 13.1. The van der Waals surface area contributed by atoms with Crippen LogP contribution >= 0.6 is 23.2 Å². The number of halogens is 2. The van der Waals surface area contributed by atoms with Crippen LogP contribution in [0.4, 0.5) is 0 Å². The maximum atomic E-state index is 9.42. The Morgan fingerprint density at radius 3 is 2.22 bits per heavy atom. The topological polar surface area (TPSA) is 30.3 Å². The number of hydrogen-bond donors (Lipinski definition) is 0. The molecule has 96 valence electrons. The van der Waals surface area contributed by atoms with Gasteiger partial charge in [-0.3, -0.25) is 4.90 Å². The molecule has 0 bridgehead atoms. The van der Waals surface area contributed by atoms with E-state index < -0.39 is 0 Å². The third kappa shape index (κ3) is 2.78. The lowest BCUT2D eigenvalue weighted by Crippen LogP contribution is -2.45. The standard InChI is InChI=1S/C13H15Cl2N3/c1-17-5-7-18(8-6-17)12(9-16)13-10(14)3-2-4-11(13)15/h2-4,12H,5-8H2,1H3. The summed E-state index contributed by atoms with van der Waals surface area (Å²) in [6, 6.07) is 7.32. The van der Waals surface area contributed by atoms with Gasteiger partial charge in [-0.15, -0.1) is 0 Å². The van der Waals surface area contributed by atoms with E-state index in [1.54, 1.807) is 18.2 Å². The summed E-state index contributed by atoms with van der Waals surface area (Å²) in [4.78, 5) is 4.38. The van der Waals surface area contributed by atoms with Crippen molar-refractivity contribution in [1.29, 1.82) is 5.26 Å². The number of hydrogen-bond acceptors (Lipinski definition) is 3. The van der Waals surface area contributed by atoms with Crippen LogP contribution in [0.5, 0.6) is 0 Å². The number of nitriles is 1. The first kappa shape index (κ1) is 13.6. The molecule has 2 rings (SSSR count). The molecule has 0 saturated carbocycles. The lowest BCUT2D eigenvalue weighted by molar-refractivity contribution is 0.133. The maximum Gasteiger partial charge on any atom is 0.126 e. The molecule has 1 aromatic rings. The Kier molecular flexibility index (Phi) is 4.47. The van der Waals surface area contributed by atoms with Gasteiger partial charge < -0.3 is 4.90 Å². The van der Waals surface area contributed by atoms with Crippen LogP contribution in [0.25, 0.3) is 0 Å². The average Bonchev–Trinajstić information content (AvgIpc) is 2.35. The monoisotopic (exact) mass is 283 g/mol. The highest BCUT2D eigenvalue weighted by Gasteiger charge is 2.26. The van der Waals surface area contributed by atoms with Gasteiger partial charge in [0, 0.05) is 41.8 Å². The van der Waals surface area contributed by atoms with E-state index in [0.717, 1.165) is 31.7 Å². The summed E-state index contributed by atoms with van der Waals surface area (Å²) < 4.78 is 0. The summed E-state index contributed by atoms with van der Waals surface area (Å²) in [6.45, 7) is 3.63. The molecule has 3 nitrogen and oxygen atoms in total. The van der Waals surface area contributed by atoms with Gasteiger partial charge in [-0.2, -0.15) is 5.26 Å². The van der Waals surface area contributed by atoms with Gasteiger partial charge in [0.05, 0.1) is 6.07 Å². The molecule has 0 radical (unpaired) electrons. The van der Waals surface area contributed by atoms with Gasteiger partial charge in [0.1, 0.15) is 6.04 Å². The summed E-state index contributed by atoms with van der Waals surface area (Å²) >= 11 is 12.4. The summed E-state index contributed by atoms with van der Waals surface area (Å²) in [7, 11) is 2.08. The highest BCUT2D eigenvalue weighted by atomic mass is 35.5. The fourth-order valence-corrected chi connectivity index (χ4v) is 2.78. The highest BCUT2D eigenvalue weighted by molar-refractivity contribution is 6.36. The summed E-state index contributed by atoms with van der Waals surface area (Å²) in [5.41, 5.74) is 0.730. The largest absolute Gasteiger partial charge is 0.304 e. The fourth-order valence-electron chi connectivity index (χ4n) is 2.18. The second kappa shape index (κ2) is 5.90. The van der Waals surface area contributed by atoms with Gasteiger partial charge in [-0.25, -0.2) is 0 Å². The number of piperazine rings is 1. The molecule has 5 heteroatoms. The third-order valence-corrected chi connectivity index (χ3v) is 3.96. The maximum absolute atomic E-state index is 9.42. The number of benzene rings is 1. The Morgan fingerprint density at radius 2 is 1.72 bits per heavy atom. The van der Waals surface area contributed by atoms with Crippen molar-refractivity contribution >= 4 is 23.2 Å². The molecule has 1 aliphatic rings. The van der Waals surface area contributed by atoms with Gasteiger partial charge in [-0.1, -0.05) is 29.3 Å². The lowest BCUT2D eigenvalue weighted by atomic mass is 10.1. The third-order valence-electron chi connectivity index (χ3n) is 3.30.